The molecule has 0 amide bonds. The highest BCUT2D eigenvalue weighted by Gasteiger charge is 2.44. The third-order valence-electron chi connectivity index (χ3n) is 4.55. The number of piperidine rings is 1. The van der Waals surface area contributed by atoms with Crippen LogP contribution in [0.15, 0.2) is 24.0 Å². The van der Waals surface area contributed by atoms with Gasteiger partial charge in [-0.3, -0.25) is 4.90 Å². The van der Waals surface area contributed by atoms with Crippen LogP contribution >= 0.6 is 0 Å². The van der Waals surface area contributed by atoms with Gasteiger partial charge in [0.25, 0.3) is 0 Å². The number of nitrogens with zero attached hydrogens (tertiary/aromatic N) is 1. The molecule has 1 aliphatic heterocycles. The molecule has 2 nitrogen and oxygen atoms in total. The molecule has 0 bridgehead atoms. The molecule has 0 radical (unpaired) electrons. The molecule has 4 unspecified atom stereocenters. The number of hydrogen-bond donors (Lipinski definition) is 0. The maximum atomic E-state index is 5.85. The van der Waals surface area contributed by atoms with Gasteiger partial charge in [0, 0.05) is 19.6 Å². The van der Waals surface area contributed by atoms with Gasteiger partial charge in [0.15, 0.2) is 0 Å². The molecule has 0 aromatic heterocycles. The van der Waals surface area contributed by atoms with Crippen molar-refractivity contribution in [1.82, 2.24) is 4.90 Å². The standard InChI is InChI=1S/C15H23NO/c1-11-3-4-15(7-12(11)2)17-6-5-16-9-13-8-14(13)10-16/h3-4,7,11-14H,5-6,8-10H2,1-2H3. The summed E-state index contributed by atoms with van der Waals surface area (Å²) < 4.78 is 5.85. The number of rotatable bonds is 4. The second-order valence-corrected chi connectivity index (χ2v) is 6.01. The zero-order valence-electron chi connectivity index (χ0n) is 10.9. The molecule has 17 heavy (non-hydrogen) atoms. The Kier molecular flexibility index (Phi) is 2.99. The van der Waals surface area contributed by atoms with Crippen LogP contribution in [0.3, 0.4) is 0 Å². The van der Waals surface area contributed by atoms with Crippen molar-refractivity contribution < 1.29 is 4.74 Å². The highest BCUT2D eigenvalue weighted by molar-refractivity contribution is 5.19. The van der Waals surface area contributed by atoms with E-state index in [0.717, 1.165) is 30.7 Å². The fourth-order valence-electron chi connectivity index (χ4n) is 2.96. The van der Waals surface area contributed by atoms with Gasteiger partial charge in [-0.1, -0.05) is 19.9 Å². The maximum Gasteiger partial charge on any atom is 0.115 e. The molecule has 1 saturated heterocycles. The van der Waals surface area contributed by atoms with Crippen LogP contribution in [-0.2, 0) is 4.74 Å². The van der Waals surface area contributed by atoms with E-state index < -0.39 is 0 Å². The molecule has 0 spiro atoms. The Morgan fingerprint density at radius 1 is 1.24 bits per heavy atom. The molecule has 2 heteroatoms. The lowest BCUT2D eigenvalue weighted by atomic mass is 9.91. The van der Waals surface area contributed by atoms with Crippen LogP contribution < -0.4 is 0 Å². The molecule has 0 N–H and O–H groups in total. The molecule has 94 valence electrons. The highest BCUT2D eigenvalue weighted by atomic mass is 16.5. The zero-order chi connectivity index (χ0) is 11.8. The van der Waals surface area contributed by atoms with Crippen molar-refractivity contribution in [3.8, 4) is 0 Å². The van der Waals surface area contributed by atoms with Crippen LogP contribution in [0, 0.1) is 23.7 Å². The van der Waals surface area contributed by atoms with E-state index in [1.54, 1.807) is 0 Å². The quantitative estimate of drug-likeness (QED) is 0.740. The van der Waals surface area contributed by atoms with Crippen LogP contribution in [0.2, 0.25) is 0 Å². The first-order chi connectivity index (χ1) is 8.22. The van der Waals surface area contributed by atoms with Gasteiger partial charge in [-0.2, -0.15) is 0 Å². The lowest BCUT2D eigenvalue weighted by molar-refractivity contribution is 0.169. The maximum absolute atomic E-state index is 5.85. The first-order valence-corrected chi connectivity index (χ1v) is 6.97. The Morgan fingerprint density at radius 3 is 2.71 bits per heavy atom. The van der Waals surface area contributed by atoms with Gasteiger partial charge in [0.1, 0.15) is 12.4 Å². The lowest BCUT2D eigenvalue weighted by Gasteiger charge is -2.21. The summed E-state index contributed by atoms with van der Waals surface area (Å²) in [4.78, 5) is 2.55. The van der Waals surface area contributed by atoms with Gasteiger partial charge in [0.2, 0.25) is 0 Å². The van der Waals surface area contributed by atoms with E-state index in [1.165, 1.54) is 19.5 Å². The molecule has 3 aliphatic rings. The molecule has 0 aromatic rings. The minimum Gasteiger partial charge on any atom is -0.493 e. The van der Waals surface area contributed by atoms with Crippen LogP contribution in [0.4, 0.5) is 0 Å². The van der Waals surface area contributed by atoms with Crippen LogP contribution in [0.25, 0.3) is 0 Å². The summed E-state index contributed by atoms with van der Waals surface area (Å²) in [6.07, 6.45) is 8.13. The first-order valence-electron chi connectivity index (χ1n) is 6.97. The predicted octanol–water partition coefficient (Wildman–Crippen LogP) is 2.68. The highest BCUT2D eigenvalue weighted by Crippen LogP contribution is 2.44. The van der Waals surface area contributed by atoms with Gasteiger partial charge in [0.05, 0.1) is 0 Å². The summed E-state index contributed by atoms with van der Waals surface area (Å²) in [5.74, 6) is 4.39. The van der Waals surface area contributed by atoms with E-state index in [0.29, 0.717) is 11.8 Å². The molecule has 3 rings (SSSR count). The number of allylic oxidation sites excluding steroid dienone is 3. The fourth-order valence-corrected chi connectivity index (χ4v) is 2.96. The van der Waals surface area contributed by atoms with Crippen molar-refractivity contribution in [2.24, 2.45) is 23.7 Å². The van der Waals surface area contributed by atoms with E-state index in [1.807, 2.05) is 0 Å². The van der Waals surface area contributed by atoms with Gasteiger partial charge >= 0.3 is 0 Å². The van der Waals surface area contributed by atoms with Crippen LogP contribution in [0.5, 0.6) is 0 Å². The second-order valence-electron chi connectivity index (χ2n) is 6.01. The topological polar surface area (TPSA) is 12.5 Å². The first kappa shape index (κ1) is 11.3. The molecular formula is C15H23NO. The van der Waals surface area contributed by atoms with E-state index in [-0.39, 0.29) is 0 Å². The van der Waals surface area contributed by atoms with Crippen molar-refractivity contribution in [2.75, 3.05) is 26.2 Å². The molecule has 1 saturated carbocycles. The Hall–Kier alpha value is -0.760. The van der Waals surface area contributed by atoms with E-state index in [2.05, 4.69) is 37.0 Å². The third-order valence-corrected chi connectivity index (χ3v) is 4.55. The Morgan fingerprint density at radius 2 is 2.00 bits per heavy atom. The Labute approximate surface area is 104 Å². The fraction of sp³-hybridized carbons (Fsp3) is 0.733. The summed E-state index contributed by atoms with van der Waals surface area (Å²) in [6, 6.07) is 0. The number of likely N-dealkylation sites (tertiary alicyclic amines) is 1. The zero-order valence-corrected chi connectivity index (χ0v) is 10.9. The Bertz CT molecular complexity index is 337. The van der Waals surface area contributed by atoms with Crippen molar-refractivity contribution in [2.45, 2.75) is 20.3 Å². The number of ether oxygens (including phenoxy) is 1. The van der Waals surface area contributed by atoms with Gasteiger partial charge < -0.3 is 4.74 Å². The minimum atomic E-state index is 0.606. The van der Waals surface area contributed by atoms with Crippen molar-refractivity contribution in [3.05, 3.63) is 24.0 Å². The second kappa shape index (κ2) is 4.49. The molecule has 1 heterocycles. The third kappa shape index (κ3) is 2.57. The summed E-state index contributed by atoms with van der Waals surface area (Å²) in [5, 5.41) is 0. The largest absolute Gasteiger partial charge is 0.493 e. The van der Waals surface area contributed by atoms with Gasteiger partial charge in [-0.25, -0.2) is 0 Å². The van der Waals surface area contributed by atoms with E-state index >= 15 is 0 Å². The minimum absolute atomic E-state index is 0.606. The van der Waals surface area contributed by atoms with E-state index in [9.17, 15) is 0 Å². The Balaban J connectivity index is 1.39. The molecule has 4 atom stereocenters. The average molecular weight is 233 g/mol. The average Bonchev–Trinajstić information content (AvgIpc) is 2.92. The molecule has 2 fully saturated rings. The van der Waals surface area contributed by atoms with Crippen molar-refractivity contribution >= 4 is 0 Å². The molecular weight excluding hydrogens is 210 g/mol. The van der Waals surface area contributed by atoms with Crippen LogP contribution in [0.1, 0.15) is 20.3 Å². The normalized spacial score (nSPS) is 40.0. The van der Waals surface area contributed by atoms with Crippen molar-refractivity contribution in [1.29, 1.82) is 0 Å². The van der Waals surface area contributed by atoms with Crippen LogP contribution in [-0.4, -0.2) is 31.1 Å². The molecule has 2 aliphatic carbocycles. The summed E-state index contributed by atoms with van der Waals surface area (Å²) in [5.41, 5.74) is 0. The monoisotopic (exact) mass is 233 g/mol. The molecule has 0 aromatic carbocycles. The lowest BCUT2D eigenvalue weighted by Crippen LogP contribution is -2.26. The summed E-state index contributed by atoms with van der Waals surface area (Å²) >= 11 is 0. The summed E-state index contributed by atoms with van der Waals surface area (Å²) in [7, 11) is 0. The number of hydrogen-bond acceptors (Lipinski definition) is 2. The van der Waals surface area contributed by atoms with Crippen molar-refractivity contribution in [3.63, 3.8) is 0 Å². The smallest absolute Gasteiger partial charge is 0.115 e. The SMILES string of the molecule is CC1C=CC(OCCN2CC3CC3C2)=CC1C. The number of fused-ring (bicyclic) bond motifs is 1. The van der Waals surface area contributed by atoms with Gasteiger partial charge in [-0.05, 0) is 42.2 Å². The van der Waals surface area contributed by atoms with Gasteiger partial charge in [-0.15, -0.1) is 0 Å². The summed E-state index contributed by atoms with van der Waals surface area (Å²) in [6.45, 7) is 9.09. The van der Waals surface area contributed by atoms with E-state index in [4.69, 9.17) is 4.74 Å². The predicted molar refractivity (Wildman–Crippen MR) is 69.5 cm³/mol.